The minimum Gasteiger partial charge on any atom is -0.379 e. The molecule has 1 saturated heterocycles. The molecule has 1 unspecified atom stereocenters. The zero-order valence-electron chi connectivity index (χ0n) is 14.2. The van der Waals surface area contributed by atoms with Crippen LogP contribution in [-0.2, 0) is 4.74 Å². The van der Waals surface area contributed by atoms with Crippen molar-refractivity contribution in [3.05, 3.63) is 53.4 Å². The van der Waals surface area contributed by atoms with E-state index < -0.39 is 0 Å². The molecule has 2 heterocycles. The van der Waals surface area contributed by atoms with Gasteiger partial charge in [-0.1, -0.05) is 35.5 Å². The van der Waals surface area contributed by atoms with Gasteiger partial charge >= 0.3 is 0 Å². The largest absolute Gasteiger partial charge is 0.379 e. The molecule has 6 nitrogen and oxygen atoms in total. The van der Waals surface area contributed by atoms with Gasteiger partial charge in [0.1, 0.15) is 5.76 Å². The fraction of sp³-hybridized carbons (Fsp3) is 0.474. The zero-order valence-corrected chi connectivity index (χ0v) is 14.2. The van der Waals surface area contributed by atoms with Crippen LogP contribution < -0.4 is 5.32 Å². The van der Waals surface area contributed by atoms with Crippen molar-refractivity contribution in [2.75, 3.05) is 32.8 Å². The van der Waals surface area contributed by atoms with E-state index >= 15 is 0 Å². The second-order valence-electron chi connectivity index (χ2n) is 6.74. The lowest BCUT2D eigenvalue weighted by Gasteiger charge is -2.31. The molecular weight excluding hydrogens is 318 g/mol. The lowest BCUT2D eigenvalue weighted by atomic mass is 10.1. The number of carbonyl (C=O) groups is 1. The van der Waals surface area contributed by atoms with Crippen LogP contribution >= 0.6 is 0 Å². The Morgan fingerprint density at radius 3 is 2.72 bits per heavy atom. The molecule has 1 atom stereocenters. The van der Waals surface area contributed by atoms with E-state index in [4.69, 9.17) is 9.26 Å². The SMILES string of the molecule is O=C(NC(CN1CCOCC1)c1ccccc1)c1cc(C2CC2)on1. The van der Waals surface area contributed by atoms with Gasteiger partial charge in [-0.25, -0.2) is 0 Å². The summed E-state index contributed by atoms with van der Waals surface area (Å²) in [4.78, 5) is 15.0. The molecule has 0 spiro atoms. The van der Waals surface area contributed by atoms with Gasteiger partial charge in [0.25, 0.3) is 5.91 Å². The molecule has 2 aliphatic rings. The number of hydrogen-bond donors (Lipinski definition) is 1. The van der Waals surface area contributed by atoms with E-state index in [0.29, 0.717) is 11.6 Å². The zero-order chi connectivity index (χ0) is 17.1. The van der Waals surface area contributed by atoms with Crippen LogP contribution in [0.5, 0.6) is 0 Å². The third-order valence-corrected chi connectivity index (χ3v) is 4.79. The normalized spacial score (nSPS) is 19.5. The number of aromatic nitrogens is 1. The van der Waals surface area contributed by atoms with Crippen molar-refractivity contribution in [3.63, 3.8) is 0 Å². The molecule has 0 bridgehead atoms. The second-order valence-corrected chi connectivity index (χ2v) is 6.74. The first-order valence-corrected chi connectivity index (χ1v) is 8.92. The molecule has 0 radical (unpaired) electrons. The molecule has 25 heavy (non-hydrogen) atoms. The average Bonchev–Trinajstić information content (AvgIpc) is 3.39. The van der Waals surface area contributed by atoms with Gasteiger partial charge in [-0.2, -0.15) is 0 Å². The fourth-order valence-electron chi connectivity index (χ4n) is 3.15. The first kappa shape index (κ1) is 16.3. The number of benzene rings is 1. The van der Waals surface area contributed by atoms with E-state index in [1.165, 1.54) is 0 Å². The van der Waals surface area contributed by atoms with Gasteiger partial charge in [-0.05, 0) is 18.4 Å². The molecule has 1 amide bonds. The predicted molar refractivity (Wildman–Crippen MR) is 92.4 cm³/mol. The first-order valence-electron chi connectivity index (χ1n) is 8.92. The predicted octanol–water partition coefficient (Wildman–Crippen LogP) is 2.36. The molecule has 6 heteroatoms. The molecule has 1 aliphatic carbocycles. The lowest BCUT2D eigenvalue weighted by Crippen LogP contribution is -2.43. The molecule has 1 aliphatic heterocycles. The average molecular weight is 341 g/mol. The number of nitrogens with one attached hydrogen (secondary N) is 1. The topological polar surface area (TPSA) is 67.6 Å². The maximum absolute atomic E-state index is 12.6. The molecule has 2 aromatic rings. The lowest BCUT2D eigenvalue weighted by molar-refractivity contribution is 0.0332. The van der Waals surface area contributed by atoms with Crippen LogP contribution in [0.2, 0.25) is 0 Å². The summed E-state index contributed by atoms with van der Waals surface area (Å²) in [5, 5.41) is 7.08. The van der Waals surface area contributed by atoms with Crippen LogP contribution in [0.4, 0.5) is 0 Å². The van der Waals surface area contributed by atoms with Crippen LogP contribution in [-0.4, -0.2) is 48.8 Å². The Kier molecular flexibility index (Phi) is 4.81. The van der Waals surface area contributed by atoms with E-state index in [-0.39, 0.29) is 11.9 Å². The van der Waals surface area contributed by atoms with Gasteiger partial charge in [-0.15, -0.1) is 0 Å². The van der Waals surface area contributed by atoms with Gasteiger partial charge in [-0.3, -0.25) is 9.69 Å². The molecule has 1 aromatic carbocycles. The van der Waals surface area contributed by atoms with Crippen LogP contribution in [0.3, 0.4) is 0 Å². The minimum absolute atomic E-state index is 0.0899. The van der Waals surface area contributed by atoms with Crippen molar-refractivity contribution in [2.45, 2.75) is 24.8 Å². The summed E-state index contributed by atoms with van der Waals surface area (Å²) < 4.78 is 10.7. The van der Waals surface area contributed by atoms with Crippen molar-refractivity contribution >= 4 is 5.91 Å². The van der Waals surface area contributed by atoms with E-state index in [9.17, 15) is 4.79 Å². The Bertz CT molecular complexity index is 706. The van der Waals surface area contributed by atoms with Gasteiger partial charge < -0.3 is 14.6 Å². The highest BCUT2D eigenvalue weighted by Gasteiger charge is 2.29. The standard InChI is InChI=1S/C19H23N3O3/c23-19(16-12-18(25-21-16)15-6-7-15)20-17(14-4-2-1-3-5-14)13-22-8-10-24-11-9-22/h1-5,12,15,17H,6-11,13H2,(H,20,23). The summed E-state index contributed by atoms with van der Waals surface area (Å²) in [6, 6.07) is 11.8. The van der Waals surface area contributed by atoms with Crippen molar-refractivity contribution < 1.29 is 14.1 Å². The highest BCUT2D eigenvalue weighted by Crippen LogP contribution is 2.40. The molecule has 2 fully saturated rings. The Balaban J connectivity index is 1.47. The van der Waals surface area contributed by atoms with Crippen molar-refractivity contribution in [3.8, 4) is 0 Å². The van der Waals surface area contributed by atoms with E-state index in [1.807, 2.05) is 30.3 Å². The van der Waals surface area contributed by atoms with Crippen molar-refractivity contribution in [1.29, 1.82) is 0 Å². The van der Waals surface area contributed by atoms with Crippen LogP contribution in [0.1, 0.15) is 46.6 Å². The number of rotatable bonds is 6. The Morgan fingerprint density at radius 1 is 1.24 bits per heavy atom. The maximum atomic E-state index is 12.6. The minimum atomic E-state index is -0.183. The number of morpholine rings is 1. The maximum Gasteiger partial charge on any atom is 0.274 e. The summed E-state index contributed by atoms with van der Waals surface area (Å²) in [5.41, 5.74) is 1.46. The monoisotopic (exact) mass is 341 g/mol. The van der Waals surface area contributed by atoms with E-state index in [1.54, 1.807) is 6.07 Å². The quantitative estimate of drug-likeness (QED) is 0.874. The molecule has 1 aromatic heterocycles. The van der Waals surface area contributed by atoms with Crippen molar-refractivity contribution in [1.82, 2.24) is 15.4 Å². The van der Waals surface area contributed by atoms with E-state index in [2.05, 4.69) is 15.4 Å². The summed E-state index contributed by atoms with van der Waals surface area (Å²) in [7, 11) is 0. The van der Waals surface area contributed by atoms with Crippen LogP contribution in [0.25, 0.3) is 0 Å². The summed E-state index contributed by atoms with van der Waals surface area (Å²) in [6.07, 6.45) is 2.25. The van der Waals surface area contributed by atoms with E-state index in [0.717, 1.165) is 57.0 Å². The van der Waals surface area contributed by atoms with Gasteiger partial charge in [0.05, 0.1) is 19.3 Å². The molecule has 4 rings (SSSR count). The molecule has 1 saturated carbocycles. The Labute approximate surface area is 147 Å². The summed E-state index contributed by atoms with van der Waals surface area (Å²) in [5.74, 6) is 1.10. The second kappa shape index (κ2) is 7.37. The Hall–Kier alpha value is -2.18. The third kappa shape index (κ3) is 4.08. The number of nitrogens with zero attached hydrogens (tertiary/aromatic N) is 2. The van der Waals surface area contributed by atoms with Gasteiger partial charge in [0.15, 0.2) is 5.69 Å². The molecule has 132 valence electrons. The number of ether oxygens (including phenoxy) is 1. The summed E-state index contributed by atoms with van der Waals surface area (Å²) >= 11 is 0. The van der Waals surface area contributed by atoms with Crippen LogP contribution in [0, 0.1) is 0 Å². The smallest absolute Gasteiger partial charge is 0.274 e. The number of carbonyl (C=O) groups excluding carboxylic acids is 1. The number of hydrogen-bond acceptors (Lipinski definition) is 5. The first-order chi connectivity index (χ1) is 12.3. The third-order valence-electron chi connectivity index (χ3n) is 4.79. The molecule has 1 N–H and O–H groups in total. The van der Waals surface area contributed by atoms with Gasteiger partial charge in [0.2, 0.25) is 0 Å². The molecular formula is C19H23N3O3. The van der Waals surface area contributed by atoms with Gasteiger partial charge in [0, 0.05) is 31.6 Å². The summed E-state index contributed by atoms with van der Waals surface area (Å²) in [6.45, 7) is 4.00. The van der Waals surface area contributed by atoms with Crippen molar-refractivity contribution in [2.24, 2.45) is 0 Å². The highest BCUT2D eigenvalue weighted by atomic mass is 16.5. The number of amides is 1. The Morgan fingerprint density at radius 2 is 2.00 bits per heavy atom. The fourth-order valence-corrected chi connectivity index (χ4v) is 3.15. The van der Waals surface area contributed by atoms with Crippen LogP contribution in [0.15, 0.2) is 40.9 Å². The highest BCUT2D eigenvalue weighted by molar-refractivity contribution is 5.92.